The van der Waals surface area contributed by atoms with Crippen LogP contribution in [0.4, 0.5) is 0 Å². The zero-order valence-corrected chi connectivity index (χ0v) is 18.3. The van der Waals surface area contributed by atoms with Crippen LogP contribution in [0.15, 0.2) is 35.3 Å². The number of hydrogen-bond acceptors (Lipinski definition) is 5. The van der Waals surface area contributed by atoms with Gasteiger partial charge in [-0.25, -0.2) is 0 Å². The minimum atomic E-state index is -0.546. The molecule has 2 aromatic rings. The maximum Gasteiger partial charge on any atom is 0.325 e. The molecule has 0 aliphatic heterocycles. The summed E-state index contributed by atoms with van der Waals surface area (Å²) >= 11 is 3.46. The zero-order valence-electron chi connectivity index (χ0n) is 16.7. The SMILES string of the molecule is [B]c1cc(C(=O)NCC(=O)OC)c(C)c(Br)c1Oc1ccc(OC)c(C(=C)C)c1. The smallest absolute Gasteiger partial charge is 0.325 e. The molecule has 6 nitrogen and oxygen atoms in total. The minimum absolute atomic E-state index is 0.236. The molecular weight excluding hydrogens is 437 g/mol. The molecule has 150 valence electrons. The Morgan fingerprint density at radius 3 is 2.48 bits per heavy atom. The molecule has 2 aromatic carbocycles. The van der Waals surface area contributed by atoms with E-state index in [2.05, 4.69) is 32.6 Å². The normalized spacial score (nSPS) is 10.2. The van der Waals surface area contributed by atoms with Crippen LogP contribution in [0.5, 0.6) is 17.2 Å². The number of methoxy groups -OCH3 is 2. The van der Waals surface area contributed by atoms with Crippen molar-refractivity contribution < 1.29 is 23.8 Å². The minimum Gasteiger partial charge on any atom is -0.496 e. The van der Waals surface area contributed by atoms with Gasteiger partial charge in [0.15, 0.2) is 0 Å². The van der Waals surface area contributed by atoms with Crippen LogP contribution < -0.4 is 20.3 Å². The number of nitrogens with one attached hydrogen (secondary N) is 1. The Morgan fingerprint density at radius 2 is 1.90 bits per heavy atom. The molecular formula is C21H21BBrNO5. The molecule has 0 unspecified atom stereocenters. The Morgan fingerprint density at radius 1 is 1.21 bits per heavy atom. The quantitative estimate of drug-likeness (QED) is 0.510. The number of esters is 1. The van der Waals surface area contributed by atoms with E-state index in [1.807, 2.05) is 6.92 Å². The number of carbonyl (C=O) groups is 2. The second-order valence-electron chi connectivity index (χ2n) is 6.28. The van der Waals surface area contributed by atoms with Gasteiger partial charge in [-0.15, -0.1) is 0 Å². The van der Waals surface area contributed by atoms with E-state index in [-0.39, 0.29) is 12.0 Å². The fourth-order valence-corrected chi connectivity index (χ4v) is 3.13. The first-order chi connectivity index (χ1) is 13.7. The Bertz CT molecular complexity index is 974. The average molecular weight is 458 g/mol. The molecule has 2 radical (unpaired) electrons. The molecule has 0 aliphatic rings. The lowest BCUT2D eigenvalue weighted by atomic mass is 9.90. The van der Waals surface area contributed by atoms with Crippen LogP contribution in [0, 0.1) is 6.92 Å². The molecule has 0 heterocycles. The van der Waals surface area contributed by atoms with Crippen molar-refractivity contribution in [2.75, 3.05) is 20.8 Å². The van der Waals surface area contributed by atoms with Gasteiger partial charge in [0.2, 0.25) is 0 Å². The largest absolute Gasteiger partial charge is 0.496 e. The Labute approximate surface area is 179 Å². The zero-order chi connectivity index (χ0) is 21.7. The predicted octanol–water partition coefficient (Wildman–Crippen LogP) is 3.29. The molecule has 0 aliphatic carbocycles. The fourth-order valence-electron chi connectivity index (χ4n) is 2.61. The van der Waals surface area contributed by atoms with E-state index in [1.165, 1.54) is 13.2 Å². The second-order valence-corrected chi connectivity index (χ2v) is 7.08. The van der Waals surface area contributed by atoms with Crippen molar-refractivity contribution in [1.29, 1.82) is 0 Å². The topological polar surface area (TPSA) is 73.9 Å². The van der Waals surface area contributed by atoms with Gasteiger partial charge in [-0.2, -0.15) is 0 Å². The highest BCUT2D eigenvalue weighted by Crippen LogP contribution is 2.35. The van der Waals surface area contributed by atoms with Gasteiger partial charge in [-0.05, 0) is 59.1 Å². The number of amides is 1. The van der Waals surface area contributed by atoms with Gasteiger partial charge in [0.25, 0.3) is 5.91 Å². The van der Waals surface area contributed by atoms with Crippen LogP contribution in [0.25, 0.3) is 5.57 Å². The van der Waals surface area contributed by atoms with Gasteiger partial charge in [0, 0.05) is 11.1 Å². The fraction of sp³-hybridized carbons (Fsp3) is 0.238. The number of ether oxygens (including phenoxy) is 3. The summed E-state index contributed by atoms with van der Waals surface area (Å²) in [5, 5.41) is 2.49. The number of allylic oxidation sites excluding steroid dienone is 1. The summed E-state index contributed by atoms with van der Waals surface area (Å²) in [5.41, 5.74) is 2.84. The van der Waals surface area contributed by atoms with Gasteiger partial charge in [0.1, 0.15) is 31.6 Å². The van der Waals surface area contributed by atoms with E-state index in [0.717, 1.165) is 11.1 Å². The highest BCUT2D eigenvalue weighted by atomic mass is 79.9. The van der Waals surface area contributed by atoms with E-state index in [1.54, 1.807) is 32.2 Å². The van der Waals surface area contributed by atoms with Crippen LogP contribution in [0.2, 0.25) is 0 Å². The highest BCUT2D eigenvalue weighted by molar-refractivity contribution is 9.10. The second kappa shape index (κ2) is 9.65. The van der Waals surface area contributed by atoms with Gasteiger partial charge in [0.05, 0.1) is 18.7 Å². The molecule has 29 heavy (non-hydrogen) atoms. The molecule has 2 rings (SSSR count). The third kappa shape index (κ3) is 5.20. The Balaban J connectivity index is 2.35. The summed E-state index contributed by atoms with van der Waals surface area (Å²) < 4.78 is 16.4. The summed E-state index contributed by atoms with van der Waals surface area (Å²) in [6, 6.07) is 6.85. The summed E-state index contributed by atoms with van der Waals surface area (Å²) in [6.07, 6.45) is 0. The molecule has 0 saturated carbocycles. The van der Waals surface area contributed by atoms with Crippen LogP contribution >= 0.6 is 15.9 Å². The maximum absolute atomic E-state index is 12.4. The third-order valence-corrected chi connectivity index (χ3v) is 5.17. The first-order valence-electron chi connectivity index (χ1n) is 8.64. The summed E-state index contributed by atoms with van der Waals surface area (Å²) in [6.45, 7) is 7.34. The predicted molar refractivity (Wildman–Crippen MR) is 116 cm³/mol. The first-order valence-corrected chi connectivity index (χ1v) is 9.44. The lowest BCUT2D eigenvalue weighted by molar-refractivity contribution is -0.139. The van der Waals surface area contributed by atoms with E-state index in [9.17, 15) is 9.59 Å². The van der Waals surface area contributed by atoms with Crippen LogP contribution in [0.3, 0.4) is 0 Å². The van der Waals surface area contributed by atoms with E-state index < -0.39 is 11.9 Å². The van der Waals surface area contributed by atoms with E-state index in [4.69, 9.17) is 17.3 Å². The highest BCUT2D eigenvalue weighted by Gasteiger charge is 2.19. The molecule has 0 atom stereocenters. The number of benzene rings is 2. The molecule has 0 bridgehead atoms. The van der Waals surface area contributed by atoms with Crippen molar-refractivity contribution in [2.24, 2.45) is 0 Å². The standard InChI is InChI=1S/C21H21BBrNO5/c1-11(2)14-8-13(6-7-17(14)27-4)29-20-16(22)9-15(12(3)19(20)23)21(26)24-10-18(25)28-5/h6-9H,1,10H2,2-5H3,(H,24,26). The molecule has 0 saturated heterocycles. The van der Waals surface area contributed by atoms with Crippen molar-refractivity contribution in [3.05, 3.63) is 52.0 Å². The van der Waals surface area contributed by atoms with Crippen molar-refractivity contribution in [3.63, 3.8) is 0 Å². The third-order valence-electron chi connectivity index (χ3n) is 4.21. The first kappa shape index (κ1) is 22.6. The van der Waals surface area contributed by atoms with Gasteiger partial charge in [-0.1, -0.05) is 18.1 Å². The van der Waals surface area contributed by atoms with Gasteiger partial charge < -0.3 is 19.5 Å². The number of halogens is 1. The van der Waals surface area contributed by atoms with E-state index >= 15 is 0 Å². The van der Waals surface area contributed by atoms with Crippen LogP contribution in [0.1, 0.15) is 28.4 Å². The number of hydrogen-bond donors (Lipinski definition) is 1. The molecule has 8 heteroatoms. The van der Waals surface area contributed by atoms with Crippen molar-refractivity contribution in [3.8, 4) is 17.2 Å². The van der Waals surface area contributed by atoms with Crippen molar-refractivity contribution in [1.82, 2.24) is 5.32 Å². The maximum atomic E-state index is 12.4. The van der Waals surface area contributed by atoms with Crippen molar-refractivity contribution in [2.45, 2.75) is 13.8 Å². The van der Waals surface area contributed by atoms with Gasteiger partial charge >= 0.3 is 5.97 Å². The molecule has 0 aromatic heterocycles. The Kier molecular flexibility index (Phi) is 7.50. The summed E-state index contributed by atoms with van der Waals surface area (Å²) in [7, 11) is 8.98. The molecule has 0 fully saturated rings. The van der Waals surface area contributed by atoms with E-state index in [0.29, 0.717) is 32.8 Å². The van der Waals surface area contributed by atoms with Crippen LogP contribution in [-0.4, -0.2) is 40.5 Å². The van der Waals surface area contributed by atoms with Gasteiger partial charge in [-0.3, -0.25) is 9.59 Å². The molecule has 1 N–H and O–H groups in total. The summed E-state index contributed by atoms with van der Waals surface area (Å²) in [4.78, 5) is 23.6. The molecule has 0 spiro atoms. The monoisotopic (exact) mass is 457 g/mol. The number of carbonyl (C=O) groups excluding carboxylic acids is 2. The lowest BCUT2D eigenvalue weighted by Crippen LogP contribution is -2.31. The summed E-state index contributed by atoms with van der Waals surface area (Å²) in [5.74, 6) is 0.616. The average Bonchev–Trinajstić information content (AvgIpc) is 2.71. The Hall–Kier alpha value is -2.74. The molecule has 1 amide bonds. The number of rotatable bonds is 7. The van der Waals surface area contributed by atoms with Crippen LogP contribution in [-0.2, 0) is 9.53 Å². The lowest BCUT2D eigenvalue weighted by Gasteiger charge is -2.17. The van der Waals surface area contributed by atoms with Crippen molar-refractivity contribution >= 4 is 46.7 Å².